The zero-order valence-corrected chi connectivity index (χ0v) is 9.67. The number of carbonyl (C=O) groups is 1. The topological polar surface area (TPSA) is 49.3 Å². The van der Waals surface area contributed by atoms with Crippen molar-refractivity contribution in [2.24, 2.45) is 5.92 Å². The Labute approximate surface area is 92.3 Å². The van der Waals surface area contributed by atoms with Gasteiger partial charge in [-0.15, -0.1) is 0 Å². The number of aliphatic carboxylic acids is 1. The molecule has 1 aliphatic rings. The van der Waals surface area contributed by atoms with Gasteiger partial charge in [0.15, 0.2) is 0 Å². The lowest BCUT2D eigenvalue weighted by Crippen LogP contribution is -2.36. The summed E-state index contributed by atoms with van der Waals surface area (Å²) in [5.41, 5.74) is 0. The first-order valence-electron chi connectivity index (χ1n) is 6.20. The fourth-order valence-corrected chi connectivity index (χ4v) is 2.28. The van der Waals surface area contributed by atoms with Crippen molar-refractivity contribution in [1.29, 1.82) is 0 Å². The fraction of sp³-hybridized carbons (Fsp3) is 0.917. The van der Waals surface area contributed by atoms with E-state index in [0.29, 0.717) is 6.04 Å². The second-order valence-corrected chi connectivity index (χ2v) is 4.56. The number of unbranched alkanes of at least 4 members (excludes halogenated alkanes) is 2. The molecule has 15 heavy (non-hydrogen) atoms. The van der Waals surface area contributed by atoms with Gasteiger partial charge in [-0.3, -0.25) is 4.79 Å². The summed E-state index contributed by atoms with van der Waals surface area (Å²) in [5.74, 6) is -0.725. The third-order valence-electron chi connectivity index (χ3n) is 3.24. The summed E-state index contributed by atoms with van der Waals surface area (Å²) in [6.07, 6.45) is 7.61. The standard InChI is InChI=1S/C12H23NO2/c1-2-3-4-8-13-11-7-5-6-10(9-11)12(14)15/h10-11,13H,2-9H2,1H3,(H,14,15). The fourth-order valence-electron chi connectivity index (χ4n) is 2.28. The number of carboxylic acid groups (broad SMARTS) is 1. The van der Waals surface area contributed by atoms with E-state index in [2.05, 4.69) is 12.2 Å². The molecule has 0 saturated heterocycles. The van der Waals surface area contributed by atoms with Gasteiger partial charge in [0.2, 0.25) is 0 Å². The van der Waals surface area contributed by atoms with Crippen LogP contribution in [0.1, 0.15) is 51.9 Å². The van der Waals surface area contributed by atoms with E-state index in [1.807, 2.05) is 0 Å². The highest BCUT2D eigenvalue weighted by atomic mass is 16.4. The van der Waals surface area contributed by atoms with Crippen LogP contribution in [0.4, 0.5) is 0 Å². The first-order chi connectivity index (χ1) is 7.24. The van der Waals surface area contributed by atoms with Crippen LogP contribution in [-0.2, 0) is 4.79 Å². The summed E-state index contributed by atoms with van der Waals surface area (Å²) in [6.45, 7) is 3.24. The van der Waals surface area contributed by atoms with Crippen molar-refractivity contribution in [1.82, 2.24) is 5.32 Å². The van der Waals surface area contributed by atoms with Crippen molar-refractivity contribution in [2.75, 3.05) is 6.54 Å². The van der Waals surface area contributed by atoms with Gasteiger partial charge in [0.1, 0.15) is 0 Å². The van der Waals surface area contributed by atoms with Crippen LogP contribution in [0.3, 0.4) is 0 Å². The Morgan fingerprint density at radius 1 is 1.40 bits per heavy atom. The zero-order valence-electron chi connectivity index (χ0n) is 9.67. The number of carboxylic acids is 1. The monoisotopic (exact) mass is 213 g/mol. The van der Waals surface area contributed by atoms with Crippen molar-refractivity contribution in [2.45, 2.75) is 57.9 Å². The Kier molecular flexibility index (Phi) is 5.69. The minimum atomic E-state index is -0.616. The van der Waals surface area contributed by atoms with E-state index in [1.54, 1.807) is 0 Å². The smallest absolute Gasteiger partial charge is 0.306 e. The summed E-state index contributed by atoms with van der Waals surface area (Å²) in [4.78, 5) is 10.8. The molecule has 0 aromatic rings. The van der Waals surface area contributed by atoms with Crippen molar-refractivity contribution in [3.8, 4) is 0 Å². The Balaban J connectivity index is 2.15. The summed E-state index contributed by atoms with van der Waals surface area (Å²) in [5, 5.41) is 12.4. The molecule has 0 amide bonds. The Morgan fingerprint density at radius 2 is 2.20 bits per heavy atom. The molecule has 1 fully saturated rings. The molecule has 3 heteroatoms. The number of hydrogen-bond acceptors (Lipinski definition) is 2. The molecule has 1 aliphatic carbocycles. The number of hydrogen-bond donors (Lipinski definition) is 2. The van der Waals surface area contributed by atoms with E-state index in [-0.39, 0.29) is 5.92 Å². The largest absolute Gasteiger partial charge is 0.481 e. The quantitative estimate of drug-likeness (QED) is 0.666. The predicted molar refractivity (Wildman–Crippen MR) is 60.9 cm³/mol. The van der Waals surface area contributed by atoms with Crippen LogP contribution in [0.5, 0.6) is 0 Å². The highest BCUT2D eigenvalue weighted by molar-refractivity contribution is 5.70. The summed E-state index contributed by atoms with van der Waals surface area (Å²) < 4.78 is 0. The van der Waals surface area contributed by atoms with Gasteiger partial charge in [0, 0.05) is 6.04 Å². The van der Waals surface area contributed by atoms with Crippen molar-refractivity contribution >= 4 is 5.97 Å². The summed E-state index contributed by atoms with van der Waals surface area (Å²) in [6, 6.07) is 0.441. The second-order valence-electron chi connectivity index (χ2n) is 4.56. The molecule has 88 valence electrons. The third kappa shape index (κ3) is 4.65. The minimum absolute atomic E-state index is 0.109. The van der Waals surface area contributed by atoms with E-state index >= 15 is 0 Å². The van der Waals surface area contributed by atoms with E-state index in [4.69, 9.17) is 5.11 Å². The average Bonchev–Trinajstić information content (AvgIpc) is 2.25. The first-order valence-corrected chi connectivity index (χ1v) is 6.20. The van der Waals surface area contributed by atoms with Gasteiger partial charge in [-0.1, -0.05) is 26.2 Å². The molecular formula is C12H23NO2. The molecule has 0 aliphatic heterocycles. The molecule has 2 N–H and O–H groups in total. The average molecular weight is 213 g/mol. The van der Waals surface area contributed by atoms with Crippen LogP contribution in [0.2, 0.25) is 0 Å². The van der Waals surface area contributed by atoms with Gasteiger partial charge in [0.25, 0.3) is 0 Å². The van der Waals surface area contributed by atoms with Gasteiger partial charge in [-0.05, 0) is 32.2 Å². The molecule has 0 radical (unpaired) electrons. The third-order valence-corrected chi connectivity index (χ3v) is 3.24. The molecule has 2 unspecified atom stereocenters. The zero-order chi connectivity index (χ0) is 11.1. The van der Waals surface area contributed by atoms with E-state index in [0.717, 1.165) is 32.2 Å². The molecule has 0 bridgehead atoms. The maximum atomic E-state index is 10.8. The normalized spacial score (nSPS) is 26.5. The lowest BCUT2D eigenvalue weighted by atomic mass is 9.86. The Morgan fingerprint density at radius 3 is 2.87 bits per heavy atom. The molecule has 0 aromatic carbocycles. The van der Waals surface area contributed by atoms with Crippen LogP contribution >= 0.6 is 0 Å². The molecule has 0 spiro atoms. The lowest BCUT2D eigenvalue weighted by Gasteiger charge is -2.27. The minimum Gasteiger partial charge on any atom is -0.481 e. The number of rotatable bonds is 6. The molecule has 1 rings (SSSR count). The van der Waals surface area contributed by atoms with E-state index < -0.39 is 5.97 Å². The molecule has 2 atom stereocenters. The van der Waals surface area contributed by atoms with Crippen molar-refractivity contribution in [3.63, 3.8) is 0 Å². The van der Waals surface area contributed by atoms with E-state index in [9.17, 15) is 4.79 Å². The van der Waals surface area contributed by atoms with Crippen molar-refractivity contribution < 1.29 is 9.90 Å². The highest BCUT2D eigenvalue weighted by Crippen LogP contribution is 2.24. The van der Waals surface area contributed by atoms with Gasteiger partial charge < -0.3 is 10.4 Å². The van der Waals surface area contributed by atoms with Crippen LogP contribution in [0.15, 0.2) is 0 Å². The number of nitrogens with one attached hydrogen (secondary N) is 1. The molecule has 0 heterocycles. The maximum Gasteiger partial charge on any atom is 0.306 e. The Hall–Kier alpha value is -0.570. The molecule has 1 saturated carbocycles. The van der Waals surface area contributed by atoms with Gasteiger partial charge in [0.05, 0.1) is 5.92 Å². The van der Waals surface area contributed by atoms with Gasteiger partial charge in [-0.25, -0.2) is 0 Å². The highest BCUT2D eigenvalue weighted by Gasteiger charge is 2.26. The van der Waals surface area contributed by atoms with Crippen LogP contribution in [0, 0.1) is 5.92 Å². The maximum absolute atomic E-state index is 10.8. The molecular weight excluding hydrogens is 190 g/mol. The predicted octanol–water partition coefficient (Wildman–Crippen LogP) is 2.41. The first kappa shape index (κ1) is 12.5. The van der Waals surface area contributed by atoms with E-state index in [1.165, 1.54) is 19.3 Å². The summed E-state index contributed by atoms with van der Waals surface area (Å²) in [7, 11) is 0. The lowest BCUT2D eigenvalue weighted by molar-refractivity contribution is -0.143. The van der Waals surface area contributed by atoms with Crippen LogP contribution in [0.25, 0.3) is 0 Å². The second kappa shape index (κ2) is 6.83. The van der Waals surface area contributed by atoms with Crippen molar-refractivity contribution in [3.05, 3.63) is 0 Å². The summed E-state index contributed by atoms with van der Waals surface area (Å²) >= 11 is 0. The molecule has 3 nitrogen and oxygen atoms in total. The molecule has 0 aromatic heterocycles. The van der Waals surface area contributed by atoms with Gasteiger partial charge in [-0.2, -0.15) is 0 Å². The van der Waals surface area contributed by atoms with Gasteiger partial charge >= 0.3 is 5.97 Å². The van der Waals surface area contributed by atoms with Crippen LogP contribution < -0.4 is 5.32 Å². The van der Waals surface area contributed by atoms with Crippen LogP contribution in [-0.4, -0.2) is 23.7 Å². The SMILES string of the molecule is CCCCCNC1CCCC(C(=O)O)C1. The Bertz CT molecular complexity index is 194.